The van der Waals surface area contributed by atoms with Crippen molar-refractivity contribution < 1.29 is 87.1 Å². The third-order valence-electron chi connectivity index (χ3n) is 8.45. The molecule has 2 fully saturated rings. The zero-order chi connectivity index (χ0) is 45.6. The lowest BCUT2D eigenvalue weighted by Crippen LogP contribution is -2.52. The van der Waals surface area contributed by atoms with Gasteiger partial charge in [-0.1, -0.05) is 24.3 Å². The van der Waals surface area contributed by atoms with Crippen molar-refractivity contribution in [1.29, 1.82) is 0 Å². The molecule has 0 saturated carbocycles. The van der Waals surface area contributed by atoms with Crippen molar-refractivity contribution in [3.63, 3.8) is 0 Å². The van der Waals surface area contributed by atoms with Crippen LogP contribution in [0.2, 0.25) is 0 Å². The maximum absolute atomic E-state index is 12.6. The van der Waals surface area contributed by atoms with E-state index in [1.54, 1.807) is 12.1 Å². The zero-order valence-corrected chi connectivity index (χ0v) is 33.2. The van der Waals surface area contributed by atoms with Crippen molar-refractivity contribution in [1.82, 2.24) is 20.0 Å². The fourth-order valence-corrected chi connectivity index (χ4v) is 5.45. The number of alkyl halides is 12. The Morgan fingerprint density at radius 2 is 1.03 bits per heavy atom. The molecule has 2 aliphatic heterocycles. The summed E-state index contributed by atoms with van der Waals surface area (Å²) in [4.78, 5) is 38.3. The number of aliphatic carboxylic acids is 2. The first kappa shape index (κ1) is 54.6. The number of hydrogen-bond acceptors (Lipinski definition) is 10. The van der Waals surface area contributed by atoms with Gasteiger partial charge in [0.05, 0.1) is 0 Å². The number of piperazine rings is 2. The minimum absolute atomic E-state index is 0. The highest BCUT2D eigenvalue weighted by Crippen LogP contribution is 2.36. The number of hydrogen-bond donors (Lipinski definition) is 6. The molecule has 2 saturated heterocycles. The van der Waals surface area contributed by atoms with Crippen LogP contribution in [0, 0.1) is 13.8 Å². The Hall–Kier alpha value is -4.46. The molecule has 0 bridgehead atoms. The number of nitrogens with one attached hydrogen (secondary N) is 3. The topological polar surface area (TPSA) is 167 Å². The number of rotatable bonds is 11. The van der Waals surface area contributed by atoms with Crippen LogP contribution in [0.5, 0.6) is 0 Å². The van der Waals surface area contributed by atoms with E-state index in [1.165, 1.54) is 0 Å². The van der Waals surface area contributed by atoms with Gasteiger partial charge in [-0.2, -0.15) is 52.7 Å². The predicted molar refractivity (Wildman–Crippen MR) is 197 cm³/mol. The summed E-state index contributed by atoms with van der Waals surface area (Å²) < 4.78 is 145. The molecule has 0 unspecified atom stereocenters. The highest BCUT2D eigenvalue weighted by Gasteiger charge is 2.60. The molecule has 348 valence electrons. The summed E-state index contributed by atoms with van der Waals surface area (Å²) in [5, 5.41) is 34.2. The molecule has 2 heterocycles. The normalized spacial score (nSPS) is 15.5. The minimum Gasteiger partial charge on any atom is -0.480 e. The van der Waals surface area contributed by atoms with Crippen LogP contribution < -0.4 is 16.0 Å². The second kappa shape index (κ2) is 23.7. The maximum Gasteiger partial charge on any atom is 0.434 e. The van der Waals surface area contributed by atoms with Gasteiger partial charge in [0.2, 0.25) is 6.10 Å². The molecule has 2 aromatic rings. The lowest BCUT2D eigenvalue weighted by Gasteiger charge is -2.35. The van der Waals surface area contributed by atoms with Gasteiger partial charge < -0.3 is 40.9 Å². The molecule has 1 amide bonds. The predicted octanol–water partition coefficient (Wildman–Crippen LogP) is 6.03. The van der Waals surface area contributed by atoms with Crippen molar-refractivity contribution in [2.45, 2.75) is 63.9 Å². The van der Waals surface area contributed by atoms with Gasteiger partial charge in [0.25, 0.3) is 6.10 Å². The van der Waals surface area contributed by atoms with E-state index in [0.29, 0.717) is 12.2 Å². The third-order valence-corrected chi connectivity index (χ3v) is 8.45. The molecular formula is C35H45ClF12N6O7. The number of aliphatic hydroxyl groups excluding tert-OH is 1. The number of amides is 1. The van der Waals surface area contributed by atoms with E-state index >= 15 is 0 Å². The number of carbonyl (C=O) groups is 3. The molecule has 26 heteroatoms. The highest BCUT2D eigenvalue weighted by molar-refractivity contribution is 5.85. The van der Waals surface area contributed by atoms with Crippen molar-refractivity contribution in [3.05, 3.63) is 58.7 Å². The van der Waals surface area contributed by atoms with E-state index < -0.39 is 54.9 Å². The fraction of sp³-hybridized carbons (Fsp3) is 0.571. The van der Waals surface area contributed by atoms with Crippen LogP contribution in [0.1, 0.15) is 22.3 Å². The lowest BCUT2D eigenvalue weighted by atomic mass is 10.1. The monoisotopic (exact) mass is 924 g/mol. The number of benzene rings is 2. The van der Waals surface area contributed by atoms with Crippen molar-refractivity contribution in [2.75, 3.05) is 76.1 Å². The van der Waals surface area contributed by atoms with Crippen LogP contribution in [-0.2, 0) is 27.4 Å². The second-order valence-corrected chi connectivity index (χ2v) is 13.4. The van der Waals surface area contributed by atoms with E-state index in [0.717, 1.165) is 65.6 Å². The van der Waals surface area contributed by atoms with Crippen molar-refractivity contribution in [3.8, 4) is 0 Å². The molecule has 0 aliphatic carbocycles. The summed E-state index contributed by atoms with van der Waals surface area (Å²) in [6, 6.07) is 11.5. The molecule has 13 nitrogen and oxygen atoms in total. The van der Waals surface area contributed by atoms with Gasteiger partial charge in [0.15, 0.2) is 0 Å². The van der Waals surface area contributed by atoms with Gasteiger partial charge in [-0.25, -0.2) is 4.79 Å². The smallest absolute Gasteiger partial charge is 0.434 e. The zero-order valence-electron chi connectivity index (χ0n) is 32.4. The highest BCUT2D eigenvalue weighted by atomic mass is 35.5. The van der Waals surface area contributed by atoms with Crippen LogP contribution >= 0.6 is 12.4 Å². The fourth-order valence-electron chi connectivity index (χ4n) is 5.45. The Morgan fingerprint density at radius 1 is 0.656 bits per heavy atom. The summed E-state index contributed by atoms with van der Waals surface area (Å²) in [6.07, 6.45) is -32.9. The Labute approximate surface area is 347 Å². The van der Waals surface area contributed by atoms with Gasteiger partial charge in [0, 0.05) is 76.8 Å². The van der Waals surface area contributed by atoms with Gasteiger partial charge >= 0.3 is 42.7 Å². The molecular weight excluding hydrogens is 880 g/mol. The molecule has 4 rings (SSSR count). The standard InChI is InChI=1S/C18H21F6N3O4.C14H21N3O2.C3H2F6O.ClH/c1-11-2-3-12(13(8-11)25-9-14(28)29)10-26-4-6-27(7-5-26)16(30)31-15(17(19,20)21)18(22,23)24;1-11-2-3-12(10-17-6-4-15-5-7-17)13(8-11)16-9-14(18)19;4-2(5,6)1(10)3(7,8)9;/h2-3,8,15,25H,4-7,9-10H2,1H3,(H,28,29);2-3,8,15-16H,4-7,9-10H2,1H3,(H,18,19);1,10H;1H. The van der Waals surface area contributed by atoms with Crippen LogP contribution in [0.3, 0.4) is 0 Å². The SMILES string of the molecule is Cc1ccc(CN2CCN(C(=O)OC(C(F)(F)F)C(F)(F)F)CC2)c(NCC(=O)O)c1.Cc1ccc(CN2CCNCC2)c(NCC(=O)O)c1.Cl.OC(C(F)(F)F)C(F)(F)F. The maximum atomic E-state index is 12.6. The van der Waals surface area contributed by atoms with Crippen LogP contribution in [0.4, 0.5) is 68.9 Å². The first-order chi connectivity index (χ1) is 27.6. The molecule has 0 radical (unpaired) electrons. The number of carboxylic acids is 2. The number of ether oxygens (including phenoxy) is 1. The average Bonchev–Trinajstić information content (AvgIpc) is 3.13. The second-order valence-electron chi connectivity index (χ2n) is 13.4. The van der Waals surface area contributed by atoms with E-state index in [9.17, 15) is 67.1 Å². The van der Waals surface area contributed by atoms with Crippen molar-refractivity contribution in [2.24, 2.45) is 0 Å². The Bertz CT molecular complexity index is 1680. The molecule has 61 heavy (non-hydrogen) atoms. The third kappa shape index (κ3) is 19.9. The van der Waals surface area contributed by atoms with Gasteiger partial charge in [-0.05, 0) is 48.2 Å². The Kier molecular flexibility index (Phi) is 21.2. The quantitative estimate of drug-likeness (QED) is 0.145. The summed E-state index contributed by atoms with van der Waals surface area (Å²) in [5.41, 5.74) is 5.49. The molecule has 0 aromatic heterocycles. The first-order valence-electron chi connectivity index (χ1n) is 17.7. The van der Waals surface area contributed by atoms with Gasteiger partial charge in [-0.15, -0.1) is 12.4 Å². The first-order valence-corrected chi connectivity index (χ1v) is 17.7. The number of nitrogens with zero attached hydrogens (tertiary/aromatic N) is 3. The summed E-state index contributed by atoms with van der Waals surface area (Å²) in [6.45, 7) is 8.95. The summed E-state index contributed by atoms with van der Waals surface area (Å²) in [5.74, 6) is -1.88. The molecule has 2 aliphatic rings. The van der Waals surface area contributed by atoms with Gasteiger partial charge in [-0.3, -0.25) is 19.4 Å². The number of anilines is 2. The number of aryl methyl sites for hydroxylation is 2. The Balaban J connectivity index is 0.000000524. The number of halogens is 13. The van der Waals surface area contributed by atoms with E-state index in [1.807, 2.05) is 30.9 Å². The van der Waals surface area contributed by atoms with Crippen LogP contribution in [0.25, 0.3) is 0 Å². The molecule has 6 N–H and O–H groups in total. The number of carboxylic acid groups (broad SMARTS) is 2. The summed E-state index contributed by atoms with van der Waals surface area (Å²) >= 11 is 0. The van der Waals surface area contributed by atoms with E-state index in [4.69, 9.17) is 15.3 Å². The van der Waals surface area contributed by atoms with E-state index in [-0.39, 0.29) is 51.7 Å². The van der Waals surface area contributed by atoms with Crippen molar-refractivity contribution >= 4 is 41.8 Å². The molecule has 0 spiro atoms. The number of aliphatic hydroxyl groups is 1. The minimum atomic E-state index is -5.76. The van der Waals surface area contributed by atoms with Crippen LogP contribution in [0.15, 0.2) is 36.4 Å². The van der Waals surface area contributed by atoms with Crippen LogP contribution in [-0.4, -0.2) is 150 Å². The largest absolute Gasteiger partial charge is 0.480 e. The average molecular weight is 925 g/mol. The molecule has 0 atom stereocenters. The van der Waals surface area contributed by atoms with Gasteiger partial charge in [0.1, 0.15) is 13.1 Å². The lowest BCUT2D eigenvalue weighted by molar-refractivity contribution is -0.309. The summed E-state index contributed by atoms with van der Waals surface area (Å²) in [7, 11) is 0. The number of carbonyl (C=O) groups excluding carboxylic acids is 1. The molecule has 2 aromatic carbocycles. The van der Waals surface area contributed by atoms with E-state index in [2.05, 4.69) is 37.7 Å². The Morgan fingerprint density at radius 3 is 1.36 bits per heavy atom.